The fourth-order valence-corrected chi connectivity index (χ4v) is 2.66. The van der Waals surface area contributed by atoms with Crippen molar-refractivity contribution in [2.45, 2.75) is 37.7 Å². The number of aliphatic hydroxyl groups is 1. The zero-order chi connectivity index (χ0) is 14.3. The third-order valence-electron chi connectivity index (χ3n) is 3.53. The molecule has 0 spiro atoms. The van der Waals surface area contributed by atoms with Crippen LogP contribution >= 0.6 is 11.6 Å². The zero-order valence-electron chi connectivity index (χ0n) is 11.6. The quantitative estimate of drug-likeness (QED) is 0.922. The second-order valence-corrected chi connectivity index (χ2v) is 6.50. The molecule has 0 aliphatic heterocycles. The number of hydrogen-bond acceptors (Lipinski definition) is 2. The molecule has 19 heavy (non-hydrogen) atoms. The van der Waals surface area contributed by atoms with Gasteiger partial charge in [0.05, 0.1) is 11.0 Å². The molecule has 3 nitrogen and oxygen atoms in total. The van der Waals surface area contributed by atoms with Gasteiger partial charge < -0.3 is 10.0 Å². The monoisotopic (exact) mass is 281 g/mol. The van der Waals surface area contributed by atoms with E-state index in [-0.39, 0.29) is 5.91 Å². The standard InChI is InChI=1S/C15H20ClNO2/c1-14(2,19)10-17(3)13(18)15(8-9-15)11-4-6-12(16)7-5-11/h4-7,19H,8-10H2,1-3H3. The predicted octanol–water partition coefficient (Wildman–Crippen LogP) is 2.60. The van der Waals surface area contributed by atoms with Crippen LogP contribution in [0.25, 0.3) is 0 Å². The van der Waals surface area contributed by atoms with Gasteiger partial charge >= 0.3 is 0 Å². The first kappa shape index (κ1) is 14.4. The minimum absolute atomic E-state index is 0.0805. The van der Waals surface area contributed by atoms with Gasteiger partial charge in [-0.25, -0.2) is 0 Å². The van der Waals surface area contributed by atoms with E-state index in [4.69, 9.17) is 11.6 Å². The highest BCUT2D eigenvalue weighted by Crippen LogP contribution is 2.49. The number of hydrogen-bond donors (Lipinski definition) is 1. The highest BCUT2D eigenvalue weighted by atomic mass is 35.5. The third-order valence-corrected chi connectivity index (χ3v) is 3.78. The highest BCUT2D eigenvalue weighted by molar-refractivity contribution is 6.30. The number of benzene rings is 1. The molecule has 0 aromatic heterocycles. The lowest BCUT2D eigenvalue weighted by Crippen LogP contribution is -2.44. The summed E-state index contributed by atoms with van der Waals surface area (Å²) in [5.41, 5.74) is -0.255. The smallest absolute Gasteiger partial charge is 0.233 e. The van der Waals surface area contributed by atoms with Gasteiger partial charge in [0.2, 0.25) is 5.91 Å². The molecule has 1 N–H and O–H groups in total. The fourth-order valence-electron chi connectivity index (χ4n) is 2.54. The molecule has 2 rings (SSSR count). The van der Waals surface area contributed by atoms with Gasteiger partial charge in [0.1, 0.15) is 0 Å². The topological polar surface area (TPSA) is 40.5 Å². The summed E-state index contributed by atoms with van der Waals surface area (Å²) >= 11 is 5.88. The molecular formula is C15H20ClNO2. The fraction of sp³-hybridized carbons (Fsp3) is 0.533. The summed E-state index contributed by atoms with van der Waals surface area (Å²) in [4.78, 5) is 14.2. The maximum atomic E-state index is 12.6. The van der Waals surface area contributed by atoms with Gasteiger partial charge in [-0.1, -0.05) is 23.7 Å². The molecular weight excluding hydrogens is 262 g/mol. The van der Waals surface area contributed by atoms with Crippen molar-refractivity contribution in [3.63, 3.8) is 0 Å². The molecule has 1 aliphatic rings. The van der Waals surface area contributed by atoms with Crippen LogP contribution in [-0.2, 0) is 10.2 Å². The van der Waals surface area contributed by atoms with E-state index in [1.807, 2.05) is 24.3 Å². The summed E-state index contributed by atoms with van der Waals surface area (Å²) < 4.78 is 0. The van der Waals surface area contributed by atoms with Crippen LogP contribution in [0.1, 0.15) is 32.3 Å². The second kappa shape index (κ2) is 4.80. The Morgan fingerprint density at radius 3 is 2.32 bits per heavy atom. The molecule has 104 valence electrons. The number of likely N-dealkylation sites (N-methyl/N-ethyl adjacent to an activating group) is 1. The number of rotatable bonds is 4. The summed E-state index contributed by atoms with van der Waals surface area (Å²) in [6.07, 6.45) is 1.73. The van der Waals surface area contributed by atoms with E-state index in [0.29, 0.717) is 11.6 Å². The Balaban J connectivity index is 2.16. The molecule has 1 fully saturated rings. The highest BCUT2D eigenvalue weighted by Gasteiger charge is 2.52. The minimum atomic E-state index is -0.875. The van der Waals surface area contributed by atoms with Crippen molar-refractivity contribution < 1.29 is 9.90 Å². The van der Waals surface area contributed by atoms with Gasteiger partial charge in [0.25, 0.3) is 0 Å². The van der Waals surface area contributed by atoms with E-state index in [0.717, 1.165) is 18.4 Å². The van der Waals surface area contributed by atoms with Crippen molar-refractivity contribution in [3.8, 4) is 0 Å². The average molecular weight is 282 g/mol. The first-order valence-corrected chi connectivity index (χ1v) is 6.86. The van der Waals surface area contributed by atoms with Crippen molar-refractivity contribution in [2.75, 3.05) is 13.6 Å². The second-order valence-electron chi connectivity index (χ2n) is 6.06. The summed E-state index contributed by atoms with van der Waals surface area (Å²) in [6.45, 7) is 3.75. The van der Waals surface area contributed by atoms with Crippen LogP contribution in [0, 0.1) is 0 Å². The summed E-state index contributed by atoms with van der Waals surface area (Å²) in [6, 6.07) is 7.48. The van der Waals surface area contributed by atoms with E-state index in [1.165, 1.54) is 0 Å². The average Bonchev–Trinajstić information content (AvgIpc) is 3.08. The molecule has 0 heterocycles. The van der Waals surface area contributed by atoms with E-state index in [1.54, 1.807) is 25.8 Å². The van der Waals surface area contributed by atoms with Crippen molar-refractivity contribution in [1.82, 2.24) is 4.90 Å². The molecule has 0 unspecified atom stereocenters. The van der Waals surface area contributed by atoms with Crippen LogP contribution < -0.4 is 0 Å². The van der Waals surface area contributed by atoms with Gasteiger partial charge in [0.15, 0.2) is 0 Å². The van der Waals surface area contributed by atoms with Gasteiger partial charge in [-0.05, 0) is 44.4 Å². The van der Waals surface area contributed by atoms with Crippen LogP contribution in [0.2, 0.25) is 5.02 Å². The number of carbonyl (C=O) groups excluding carboxylic acids is 1. The Hall–Kier alpha value is -1.06. The van der Waals surface area contributed by atoms with Gasteiger partial charge in [-0.15, -0.1) is 0 Å². The molecule has 1 aliphatic carbocycles. The molecule has 1 saturated carbocycles. The van der Waals surface area contributed by atoms with Crippen LogP contribution in [0.3, 0.4) is 0 Å². The normalized spacial score (nSPS) is 17.1. The maximum absolute atomic E-state index is 12.6. The predicted molar refractivity (Wildman–Crippen MR) is 76.3 cm³/mol. The van der Waals surface area contributed by atoms with Crippen LogP contribution in [-0.4, -0.2) is 35.1 Å². The number of halogens is 1. The lowest BCUT2D eigenvalue weighted by molar-refractivity contribution is -0.135. The Kier molecular flexibility index (Phi) is 3.63. The number of amides is 1. The molecule has 4 heteroatoms. The number of nitrogens with zero attached hydrogens (tertiary/aromatic N) is 1. The Bertz CT molecular complexity index is 472. The third kappa shape index (κ3) is 3.10. The molecule has 0 saturated heterocycles. The van der Waals surface area contributed by atoms with E-state index in [9.17, 15) is 9.90 Å². The Labute approximate surface area is 119 Å². The first-order valence-electron chi connectivity index (χ1n) is 6.49. The van der Waals surface area contributed by atoms with Gasteiger partial charge in [-0.3, -0.25) is 4.79 Å². The van der Waals surface area contributed by atoms with E-state index >= 15 is 0 Å². The van der Waals surface area contributed by atoms with E-state index < -0.39 is 11.0 Å². The lowest BCUT2D eigenvalue weighted by atomic mass is 9.94. The Morgan fingerprint density at radius 1 is 1.37 bits per heavy atom. The minimum Gasteiger partial charge on any atom is -0.389 e. The molecule has 1 aromatic carbocycles. The van der Waals surface area contributed by atoms with Gasteiger partial charge in [-0.2, -0.15) is 0 Å². The maximum Gasteiger partial charge on any atom is 0.233 e. The summed E-state index contributed by atoms with van der Waals surface area (Å²) in [5, 5.41) is 10.5. The molecule has 0 atom stereocenters. The van der Waals surface area contributed by atoms with E-state index in [2.05, 4.69) is 0 Å². The summed E-state index contributed by atoms with van der Waals surface area (Å²) in [5.74, 6) is 0.0805. The number of carbonyl (C=O) groups is 1. The van der Waals surface area contributed by atoms with Crippen LogP contribution in [0.4, 0.5) is 0 Å². The largest absolute Gasteiger partial charge is 0.389 e. The SMILES string of the molecule is CN(CC(C)(C)O)C(=O)C1(c2ccc(Cl)cc2)CC1. The van der Waals surface area contributed by atoms with Gasteiger partial charge in [0, 0.05) is 18.6 Å². The van der Waals surface area contributed by atoms with Crippen molar-refractivity contribution in [2.24, 2.45) is 0 Å². The van der Waals surface area contributed by atoms with Crippen molar-refractivity contribution in [3.05, 3.63) is 34.9 Å². The first-order chi connectivity index (χ1) is 8.74. The summed E-state index contributed by atoms with van der Waals surface area (Å²) in [7, 11) is 1.75. The van der Waals surface area contributed by atoms with Crippen LogP contribution in [0.15, 0.2) is 24.3 Å². The van der Waals surface area contributed by atoms with Crippen molar-refractivity contribution in [1.29, 1.82) is 0 Å². The molecule has 1 aromatic rings. The van der Waals surface area contributed by atoms with Crippen LogP contribution in [0.5, 0.6) is 0 Å². The molecule has 0 radical (unpaired) electrons. The molecule has 1 amide bonds. The zero-order valence-corrected chi connectivity index (χ0v) is 12.4. The lowest BCUT2D eigenvalue weighted by Gasteiger charge is -2.29. The molecule has 0 bridgehead atoms. The Morgan fingerprint density at radius 2 is 1.89 bits per heavy atom. The van der Waals surface area contributed by atoms with Crippen molar-refractivity contribution >= 4 is 17.5 Å².